The molecule has 1 rings (SSSR count). The Balaban J connectivity index is 3.02. The third-order valence-corrected chi connectivity index (χ3v) is 3.95. The number of aliphatic hydroxyl groups is 1. The van der Waals surface area contributed by atoms with Crippen molar-refractivity contribution >= 4 is 10.0 Å². The van der Waals surface area contributed by atoms with Crippen molar-refractivity contribution in [1.82, 2.24) is 4.72 Å². The van der Waals surface area contributed by atoms with Gasteiger partial charge in [0.2, 0.25) is 10.0 Å². The van der Waals surface area contributed by atoms with Gasteiger partial charge < -0.3 is 14.6 Å². The van der Waals surface area contributed by atoms with E-state index in [1.54, 1.807) is 4.72 Å². The van der Waals surface area contributed by atoms with E-state index in [2.05, 4.69) is 0 Å². The Morgan fingerprint density at radius 1 is 1.29 bits per heavy atom. The van der Waals surface area contributed by atoms with Gasteiger partial charge in [0.15, 0.2) is 6.10 Å². The number of rotatable bonds is 6. The Bertz CT molecular complexity index is 588. The molecule has 0 aromatic heterocycles. The van der Waals surface area contributed by atoms with Crippen LogP contribution in [0.2, 0.25) is 0 Å². The first-order chi connectivity index (χ1) is 9.61. The monoisotopic (exact) mass is 329 g/mol. The molecule has 1 aromatic rings. The highest BCUT2D eigenvalue weighted by molar-refractivity contribution is 7.89. The van der Waals surface area contributed by atoms with Gasteiger partial charge in [-0.15, -0.1) is 0 Å². The molecule has 120 valence electrons. The van der Waals surface area contributed by atoms with Crippen molar-refractivity contribution in [3.05, 3.63) is 18.2 Å². The average Bonchev–Trinajstić information content (AvgIpc) is 2.42. The maximum absolute atomic E-state index is 12.2. The molecule has 0 aliphatic rings. The normalized spacial score (nSPS) is 13.8. The fourth-order valence-corrected chi connectivity index (χ4v) is 2.60. The van der Waals surface area contributed by atoms with Crippen LogP contribution >= 0.6 is 0 Å². The van der Waals surface area contributed by atoms with Crippen LogP contribution in [0.1, 0.15) is 0 Å². The molecular weight excluding hydrogens is 315 g/mol. The van der Waals surface area contributed by atoms with E-state index in [9.17, 15) is 21.6 Å². The van der Waals surface area contributed by atoms with Gasteiger partial charge in [-0.2, -0.15) is 13.2 Å². The number of aliphatic hydroxyl groups excluding tert-OH is 1. The molecule has 0 bridgehead atoms. The van der Waals surface area contributed by atoms with Crippen molar-refractivity contribution in [2.24, 2.45) is 0 Å². The van der Waals surface area contributed by atoms with E-state index >= 15 is 0 Å². The smallest absolute Gasteiger partial charge is 0.415 e. The Morgan fingerprint density at radius 3 is 2.38 bits per heavy atom. The summed E-state index contributed by atoms with van der Waals surface area (Å²) in [5, 5.41) is 8.82. The first-order valence-corrected chi connectivity index (χ1v) is 7.06. The van der Waals surface area contributed by atoms with E-state index in [0.717, 1.165) is 6.07 Å². The van der Waals surface area contributed by atoms with E-state index in [-0.39, 0.29) is 11.5 Å². The zero-order valence-corrected chi connectivity index (χ0v) is 12.0. The zero-order chi connectivity index (χ0) is 16.3. The summed E-state index contributed by atoms with van der Waals surface area (Å²) in [7, 11) is -1.79. The SMILES string of the molecule is COc1ccc(OC)c(S(=O)(=O)NCC(O)C(F)(F)F)c1. The molecule has 0 amide bonds. The van der Waals surface area contributed by atoms with E-state index in [1.807, 2.05) is 0 Å². The molecule has 0 saturated carbocycles. The molecule has 2 N–H and O–H groups in total. The van der Waals surface area contributed by atoms with Crippen LogP contribution in [-0.2, 0) is 10.0 Å². The van der Waals surface area contributed by atoms with Crippen LogP contribution < -0.4 is 14.2 Å². The highest BCUT2D eigenvalue weighted by atomic mass is 32.2. The number of nitrogens with one attached hydrogen (secondary N) is 1. The molecule has 0 aliphatic carbocycles. The molecular formula is C11H14F3NO5S. The topological polar surface area (TPSA) is 84.9 Å². The summed E-state index contributed by atoms with van der Waals surface area (Å²) in [6.07, 6.45) is -7.72. The third-order valence-electron chi connectivity index (χ3n) is 2.50. The predicted octanol–water partition coefficient (Wildman–Crippen LogP) is 0.905. The standard InChI is InChI=1S/C11H14F3NO5S/c1-19-7-3-4-8(20-2)9(5-7)21(17,18)15-6-10(16)11(12,13)14/h3-5,10,15-16H,6H2,1-2H3. The lowest BCUT2D eigenvalue weighted by Crippen LogP contribution is -2.40. The summed E-state index contributed by atoms with van der Waals surface area (Å²) in [5.74, 6) is 0.123. The second-order valence-electron chi connectivity index (χ2n) is 3.93. The van der Waals surface area contributed by atoms with E-state index in [0.29, 0.717) is 0 Å². The quantitative estimate of drug-likeness (QED) is 0.810. The minimum absolute atomic E-state index is 0.0650. The van der Waals surface area contributed by atoms with Crippen LogP contribution in [0.5, 0.6) is 11.5 Å². The summed E-state index contributed by atoms with van der Waals surface area (Å²) < 4.78 is 71.8. The summed E-state index contributed by atoms with van der Waals surface area (Å²) >= 11 is 0. The lowest BCUT2D eigenvalue weighted by molar-refractivity contribution is -0.200. The Labute approximate surface area is 119 Å². The highest BCUT2D eigenvalue weighted by Crippen LogP contribution is 2.28. The highest BCUT2D eigenvalue weighted by Gasteiger charge is 2.39. The molecule has 0 heterocycles. The van der Waals surface area contributed by atoms with Crippen molar-refractivity contribution in [2.45, 2.75) is 17.2 Å². The molecule has 6 nitrogen and oxygen atoms in total. The number of halogens is 3. The molecule has 21 heavy (non-hydrogen) atoms. The molecule has 1 aromatic carbocycles. The third kappa shape index (κ3) is 4.48. The zero-order valence-electron chi connectivity index (χ0n) is 11.1. The molecule has 0 radical (unpaired) electrons. The lowest BCUT2D eigenvalue weighted by Gasteiger charge is -2.16. The van der Waals surface area contributed by atoms with E-state index < -0.39 is 33.7 Å². The van der Waals surface area contributed by atoms with Gasteiger partial charge in [0.25, 0.3) is 0 Å². The van der Waals surface area contributed by atoms with Crippen LogP contribution in [0.25, 0.3) is 0 Å². The minimum atomic E-state index is -4.92. The van der Waals surface area contributed by atoms with Crippen LogP contribution in [0.3, 0.4) is 0 Å². The van der Waals surface area contributed by atoms with Gasteiger partial charge >= 0.3 is 6.18 Å². The van der Waals surface area contributed by atoms with E-state index in [1.165, 1.54) is 26.4 Å². The Kier molecular flexibility index (Phi) is 5.42. The summed E-state index contributed by atoms with van der Waals surface area (Å²) in [5.41, 5.74) is 0. The molecule has 0 fully saturated rings. The van der Waals surface area contributed by atoms with Gasteiger partial charge in [-0.25, -0.2) is 13.1 Å². The minimum Gasteiger partial charge on any atom is -0.497 e. The van der Waals surface area contributed by atoms with Gasteiger partial charge in [-0.3, -0.25) is 0 Å². The largest absolute Gasteiger partial charge is 0.497 e. The fraction of sp³-hybridized carbons (Fsp3) is 0.455. The van der Waals surface area contributed by atoms with Crippen molar-refractivity contribution < 1.29 is 36.2 Å². The molecule has 10 heteroatoms. The number of hydrogen-bond acceptors (Lipinski definition) is 5. The average molecular weight is 329 g/mol. The van der Waals surface area contributed by atoms with Crippen LogP contribution in [0.15, 0.2) is 23.1 Å². The van der Waals surface area contributed by atoms with E-state index in [4.69, 9.17) is 14.6 Å². The number of alkyl halides is 3. The number of ether oxygens (including phenoxy) is 2. The summed E-state index contributed by atoms with van der Waals surface area (Å²) in [6, 6.07) is 3.83. The molecule has 0 aliphatic heterocycles. The number of benzene rings is 1. The second kappa shape index (κ2) is 6.50. The molecule has 0 spiro atoms. The van der Waals surface area contributed by atoms with Crippen molar-refractivity contribution in [3.8, 4) is 11.5 Å². The van der Waals surface area contributed by atoms with Gasteiger partial charge in [-0.1, -0.05) is 0 Å². The molecule has 1 atom stereocenters. The van der Waals surface area contributed by atoms with Gasteiger partial charge in [0.1, 0.15) is 16.4 Å². The Hall–Kier alpha value is -1.52. The van der Waals surface area contributed by atoms with Gasteiger partial charge in [0, 0.05) is 12.6 Å². The van der Waals surface area contributed by atoms with Crippen molar-refractivity contribution in [2.75, 3.05) is 20.8 Å². The fourth-order valence-electron chi connectivity index (χ4n) is 1.38. The first-order valence-electron chi connectivity index (χ1n) is 5.58. The summed E-state index contributed by atoms with van der Waals surface area (Å²) in [6.45, 7) is -1.20. The lowest BCUT2D eigenvalue weighted by atomic mass is 10.3. The maximum Gasteiger partial charge on any atom is 0.415 e. The van der Waals surface area contributed by atoms with Crippen LogP contribution in [0, 0.1) is 0 Å². The Morgan fingerprint density at radius 2 is 1.90 bits per heavy atom. The molecule has 1 unspecified atom stereocenters. The number of hydrogen-bond donors (Lipinski definition) is 2. The van der Waals surface area contributed by atoms with Crippen LogP contribution in [0.4, 0.5) is 13.2 Å². The van der Waals surface area contributed by atoms with Gasteiger partial charge in [-0.05, 0) is 12.1 Å². The maximum atomic E-state index is 12.2. The predicted molar refractivity (Wildman–Crippen MR) is 66.8 cm³/mol. The van der Waals surface area contributed by atoms with Crippen molar-refractivity contribution in [3.63, 3.8) is 0 Å². The van der Waals surface area contributed by atoms with Gasteiger partial charge in [0.05, 0.1) is 14.2 Å². The second-order valence-corrected chi connectivity index (χ2v) is 5.66. The van der Waals surface area contributed by atoms with Crippen molar-refractivity contribution in [1.29, 1.82) is 0 Å². The molecule has 0 saturated heterocycles. The number of sulfonamides is 1. The first kappa shape index (κ1) is 17.5. The number of methoxy groups -OCH3 is 2. The van der Waals surface area contributed by atoms with Crippen LogP contribution in [-0.4, -0.2) is 46.6 Å². The summed E-state index contributed by atoms with van der Waals surface area (Å²) in [4.78, 5) is -0.390.